The molecule has 4 nitrogen and oxygen atoms in total. The lowest BCUT2D eigenvalue weighted by molar-refractivity contribution is -0.115. The van der Waals surface area contributed by atoms with E-state index in [9.17, 15) is 4.79 Å². The summed E-state index contributed by atoms with van der Waals surface area (Å²) in [5.74, 6) is 0.589. The van der Waals surface area contributed by atoms with Crippen LogP contribution >= 0.6 is 0 Å². The van der Waals surface area contributed by atoms with E-state index in [-0.39, 0.29) is 5.91 Å². The molecule has 0 aliphatic heterocycles. The van der Waals surface area contributed by atoms with Crippen molar-refractivity contribution in [2.45, 2.75) is 26.8 Å². The minimum Gasteiger partial charge on any atom is -0.309 e. The first-order valence-corrected chi connectivity index (χ1v) is 6.07. The quantitative estimate of drug-likeness (QED) is 0.897. The zero-order valence-corrected chi connectivity index (χ0v) is 10.7. The molecule has 0 atom stereocenters. The van der Waals surface area contributed by atoms with Crippen molar-refractivity contribution in [3.8, 4) is 0 Å². The number of benzene rings is 1. The van der Waals surface area contributed by atoms with Crippen molar-refractivity contribution in [1.82, 2.24) is 9.78 Å². The Morgan fingerprint density at radius 3 is 2.83 bits per heavy atom. The van der Waals surface area contributed by atoms with E-state index < -0.39 is 0 Å². The van der Waals surface area contributed by atoms with Gasteiger partial charge in [0.2, 0.25) is 5.91 Å². The normalized spacial score (nSPS) is 10.3. The minimum atomic E-state index is -0.0175. The van der Waals surface area contributed by atoms with Gasteiger partial charge in [0.25, 0.3) is 0 Å². The van der Waals surface area contributed by atoms with Gasteiger partial charge in [-0.15, -0.1) is 0 Å². The van der Waals surface area contributed by atoms with Crippen LogP contribution in [0.15, 0.2) is 36.5 Å². The van der Waals surface area contributed by atoms with Gasteiger partial charge >= 0.3 is 0 Å². The van der Waals surface area contributed by atoms with Crippen molar-refractivity contribution in [3.05, 3.63) is 47.7 Å². The molecule has 1 amide bonds. The van der Waals surface area contributed by atoms with Crippen LogP contribution in [0, 0.1) is 6.92 Å². The van der Waals surface area contributed by atoms with Crippen LogP contribution in [0.3, 0.4) is 0 Å². The van der Waals surface area contributed by atoms with Crippen molar-refractivity contribution in [1.29, 1.82) is 0 Å². The number of hydrogen-bond donors (Lipinski definition) is 1. The standard InChI is InChI=1S/C14H17N3O/c1-3-14(18)15-13-8-9-17(16-13)10-12-7-5-4-6-11(12)2/h4-9H,3,10H2,1-2H3,(H,15,16,18). The van der Waals surface area contributed by atoms with E-state index in [1.807, 2.05) is 36.0 Å². The second-order valence-corrected chi connectivity index (χ2v) is 4.23. The first-order chi connectivity index (χ1) is 8.69. The maximum absolute atomic E-state index is 11.2. The van der Waals surface area contributed by atoms with Crippen LogP contribution < -0.4 is 5.32 Å². The van der Waals surface area contributed by atoms with E-state index in [1.165, 1.54) is 11.1 Å². The Hall–Kier alpha value is -2.10. The highest BCUT2D eigenvalue weighted by Crippen LogP contribution is 2.10. The molecule has 1 N–H and O–H groups in total. The van der Waals surface area contributed by atoms with Gasteiger partial charge in [-0.25, -0.2) is 0 Å². The van der Waals surface area contributed by atoms with Gasteiger partial charge in [-0.2, -0.15) is 5.10 Å². The molecule has 0 fully saturated rings. The molecule has 0 radical (unpaired) electrons. The van der Waals surface area contributed by atoms with Crippen LogP contribution in [0.25, 0.3) is 0 Å². The van der Waals surface area contributed by atoms with Crippen molar-refractivity contribution in [3.63, 3.8) is 0 Å². The third-order valence-corrected chi connectivity index (χ3v) is 2.82. The molecule has 1 aromatic carbocycles. The number of hydrogen-bond acceptors (Lipinski definition) is 2. The third kappa shape index (κ3) is 2.97. The fourth-order valence-electron chi connectivity index (χ4n) is 1.71. The van der Waals surface area contributed by atoms with Gasteiger partial charge in [0, 0.05) is 18.7 Å². The van der Waals surface area contributed by atoms with Gasteiger partial charge in [0.05, 0.1) is 6.54 Å². The Bertz CT molecular complexity index is 545. The number of aromatic nitrogens is 2. The predicted molar refractivity (Wildman–Crippen MR) is 71.4 cm³/mol. The lowest BCUT2D eigenvalue weighted by Crippen LogP contribution is -2.10. The van der Waals surface area contributed by atoms with E-state index in [2.05, 4.69) is 29.5 Å². The van der Waals surface area contributed by atoms with Crippen LogP contribution in [-0.4, -0.2) is 15.7 Å². The Morgan fingerprint density at radius 1 is 1.33 bits per heavy atom. The van der Waals surface area contributed by atoms with Gasteiger partial charge in [-0.05, 0) is 18.1 Å². The highest BCUT2D eigenvalue weighted by atomic mass is 16.1. The van der Waals surface area contributed by atoms with Gasteiger partial charge < -0.3 is 5.32 Å². The number of nitrogens with one attached hydrogen (secondary N) is 1. The molecule has 0 unspecified atom stereocenters. The van der Waals surface area contributed by atoms with Crippen LogP contribution in [0.4, 0.5) is 5.82 Å². The number of aryl methyl sites for hydroxylation is 1. The van der Waals surface area contributed by atoms with Gasteiger partial charge in [-0.1, -0.05) is 31.2 Å². The zero-order valence-electron chi connectivity index (χ0n) is 10.7. The van der Waals surface area contributed by atoms with Crippen LogP contribution in [0.1, 0.15) is 24.5 Å². The van der Waals surface area contributed by atoms with E-state index >= 15 is 0 Å². The molecule has 0 saturated carbocycles. The number of anilines is 1. The summed E-state index contributed by atoms with van der Waals surface area (Å²) in [6.07, 6.45) is 2.34. The lowest BCUT2D eigenvalue weighted by atomic mass is 10.1. The molecule has 94 valence electrons. The average molecular weight is 243 g/mol. The molecular weight excluding hydrogens is 226 g/mol. The molecule has 0 saturated heterocycles. The molecule has 4 heteroatoms. The van der Waals surface area contributed by atoms with Crippen LogP contribution in [-0.2, 0) is 11.3 Å². The average Bonchev–Trinajstić information content (AvgIpc) is 2.79. The summed E-state index contributed by atoms with van der Waals surface area (Å²) >= 11 is 0. The maximum Gasteiger partial charge on any atom is 0.225 e. The van der Waals surface area contributed by atoms with Crippen molar-refractivity contribution in [2.75, 3.05) is 5.32 Å². The Labute approximate surface area is 107 Å². The van der Waals surface area contributed by atoms with E-state index in [1.54, 1.807) is 0 Å². The minimum absolute atomic E-state index is 0.0175. The van der Waals surface area contributed by atoms with Gasteiger partial charge in [0.15, 0.2) is 5.82 Å². The number of carbonyl (C=O) groups is 1. The van der Waals surface area contributed by atoms with Crippen molar-refractivity contribution in [2.24, 2.45) is 0 Å². The Balaban J connectivity index is 2.07. The molecule has 0 aliphatic rings. The first kappa shape index (κ1) is 12.4. The van der Waals surface area contributed by atoms with Crippen molar-refractivity contribution >= 4 is 11.7 Å². The zero-order chi connectivity index (χ0) is 13.0. The highest BCUT2D eigenvalue weighted by Gasteiger charge is 2.04. The number of rotatable bonds is 4. The van der Waals surface area contributed by atoms with Gasteiger partial charge in [-0.3, -0.25) is 9.48 Å². The van der Waals surface area contributed by atoms with E-state index in [0.717, 1.165) is 0 Å². The molecule has 0 spiro atoms. The largest absolute Gasteiger partial charge is 0.309 e. The summed E-state index contributed by atoms with van der Waals surface area (Å²) in [6, 6.07) is 10.0. The monoisotopic (exact) mass is 243 g/mol. The fraction of sp³-hybridized carbons (Fsp3) is 0.286. The summed E-state index contributed by atoms with van der Waals surface area (Å²) in [6.45, 7) is 4.62. The highest BCUT2D eigenvalue weighted by molar-refractivity contribution is 5.89. The van der Waals surface area contributed by atoms with E-state index in [4.69, 9.17) is 0 Å². The summed E-state index contributed by atoms with van der Waals surface area (Å²) < 4.78 is 1.83. The Kier molecular flexibility index (Phi) is 3.77. The molecule has 0 bridgehead atoms. The second kappa shape index (κ2) is 5.49. The first-order valence-electron chi connectivity index (χ1n) is 6.07. The van der Waals surface area contributed by atoms with Crippen LogP contribution in [0.5, 0.6) is 0 Å². The molecule has 1 heterocycles. The summed E-state index contributed by atoms with van der Waals surface area (Å²) in [7, 11) is 0. The Morgan fingerprint density at radius 2 is 2.11 bits per heavy atom. The number of nitrogens with zero attached hydrogens (tertiary/aromatic N) is 2. The number of carbonyl (C=O) groups excluding carboxylic acids is 1. The van der Waals surface area contributed by atoms with Crippen LogP contribution in [0.2, 0.25) is 0 Å². The second-order valence-electron chi connectivity index (χ2n) is 4.23. The van der Waals surface area contributed by atoms with Crippen molar-refractivity contribution < 1.29 is 4.79 Å². The summed E-state index contributed by atoms with van der Waals surface area (Å²) in [5.41, 5.74) is 2.47. The SMILES string of the molecule is CCC(=O)Nc1ccn(Cc2ccccc2C)n1. The molecule has 0 aliphatic carbocycles. The maximum atomic E-state index is 11.2. The molecule has 18 heavy (non-hydrogen) atoms. The fourth-order valence-corrected chi connectivity index (χ4v) is 1.71. The predicted octanol–water partition coefficient (Wildman–Crippen LogP) is 2.59. The molecule has 2 aromatic rings. The topological polar surface area (TPSA) is 46.9 Å². The summed E-state index contributed by atoms with van der Waals surface area (Å²) in [4.78, 5) is 11.2. The van der Waals surface area contributed by atoms with E-state index in [0.29, 0.717) is 18.8 Å². The number of amides is 1. The summed E-state index contributed by atoms with van der Waals surface area (Å²) in [5, 5.41) is 7.06. The molecule has 1 aromatic heterocycles. The molecular formula is C14H17N3O. The lowest BCUT2D eigenvalue weighted by Gasteiger charge is -2.05. The smallest absolute Gasteiger partial charge is 0.225 e. The van der Waals surface area contributed by atoms with Gasteiger partial charge in [0.1, 0.15) is 0 Å². The third-order valence-electron chi connectivity index (χ3n) is 2.82. The molecule has 2 rings (SSSR count).